The fourth-order valence-electron chi connectivity index (χ4n) is 2.50. The summed E-state index contributed by atoms with van der Waals surface area (Å²) in [6, 6.07) is 7.93. The van der Waals surface area contributed by atoms with E-state index >= 15 is 0 Å². The number of nitrogens with zero attached hydrogens (tertiary/aromatic N) is 2. The van der Waals surface area contributed by atoms with Crippen molar-refractivity contribution in [3.05, 3.63) is 34.7 Å². The monoisotopic (exact) mass is 303 g/mol. The standard InChI is InChI=1S/C17H25N3S/c1-3-10-20(11-4-2)12-9-17-19-16(13-21-17)14-7-5-6-8-15(14)18/h5-8,13H,3-4,9-12,18H2,1-2H3. The van der Waals surface area contributed by atoms with Crippen LogP contribution in [0.1, 0.15) is 31.7 Å². The summed E-state index contributed by atoms with van der Waals surface area (Å²) in [5.74, 6) is 0. The van der Waals surface area contributed by atoms with Crippen molar-refractivity contribution in [2.75, 3.05) is 25.4 Å². The van der Waals surface area contributed by atoms with Gasteiger partial charge in [0.25, 0.3) is 0 Å². The van der Waals surface area contributed by atoms with E-state index in [1.807, 2.05) is 24.3 Å². The molecular formula is C17H25N3S. The van der Waals surface area contributed by atoms with E-state index in [1.54, 1.807) is 11.3 Å². The summed E-state index contributed by atoms with van der Waals surface area (Å²) >= 11 is 1.74. The highest BCUT2D eigenvalue weighted by Crippen LogP contribution is 2.27. The predicted octanol–water partition coefficient (Wildman–Crippen LogP) is 4.06. The third-order valence-electron chi connectivity index (χ3n) is 3.51. The third kappa shape index (κ3) is 4.55. The second kappa shape index (κ2) is 8.15. The van der Waals surface area contributed by atoms with Crippen molar-refractivity contribution in [2.24, 2.45) is 0 Å². The molecule has 0 aliphatic heterocycles. The van der Waals surface area contributed by atoms with E-state index in [1.165, 1.54) is 30.9 Å². The molecule has 21 heavy (non-hydrogen) atoms. The Morgan fingerprint density at radius 1 is 1.10 bits per heavy atom. The first-order chi connectivity index (χ1) is 10.2. The lowest BCUT2D eigenvalue weighted by atomic mass is 10.1. The molecule has 0 unspecified atom stereocenters. The minimum Gasteiger partial charge on any atom is -0.398 e. The van der Waals surface area contributed by atoms with Gasteiger partial charge in [0.15, 0.2) is 0 Å². The van der Waals surface area contributed by atoms with Crippen LogP contribution in [0.15, 0.2) is 29.6 Å². The van der Waals surface area contributed by atoms with Gasteiger partial charge in [-0.3, -0.25) is 0 Å². The first kappa shape index (κ1) is 16.0. The average Bonchev–Trinajstić information content (AvgIpc) is 2.94. The topological polar surface area (TPSA) is 42.2 Å². The zero-order valence-corrected chi connectivity index (χ0v) is 13.8. The molecule has 1 aromatic heterocycles. The van der Waals surface area contributed by atoms with Gasteiger partial charge in [-0.05, 0) is 32.0 Å². The average molecular weight is 303 g/mol. The van der Waals surface area contributed by atoms with E-state index < -0.39 is 0 Å². The maximum atomic E-state index is 6.02. The van der Waals surface area contributed by atoms with Crippen molar-refractivity contribution in [3.8, 4) is 11.3 Å². The largest absolute Gasteiger partial charge is 0.398 e. The van der Waals surface area contributed by atoms with Crippen LogP contribution >= 0.6 is 11.3 Å². The number of thiazole rings is 1. The molecule has 0 aliphatic rings. The quantitative estimate of drug-likeness (QED) is 0.748. The molecule has 114 valence electrons. The molecule has 3 nitrogen and oxygen atoms in total. The number of nitrogen functional groups attached to an aromatic ring is 1. The second-order valence-corrected chi connectivity index (χ2v) is 6.25. The van der Waals surface area contributed by atoms with Crippen LogP contribution in [-0.4, -0.2) is 29.5 Å². The van der Waals surface area contributed by atoms with Crippen molar-refractivity contribution in [2.45, 2.75) is 33.1 Å². The normalized spacial score (nSPS) is 11.2. The molecule has 0 bridgehead atoms. The van der Waals surface area contributed by atoms with Crippen LogP contribution in [0.2, 0.25) is 0 Å². The molecule has 2 N–H and O–H groups in total. The first-order valence-corrected chi connectivity index (χ1v) is 8.64. The molecule has 2 aromatic rings. The van der Waals surface area contributed by atoms with E-state index in [0.29, 0.717) is 0 Å². The van der Waals surface area contributed by atoms with Crippen LogP contribution in [0.3, 0.4) is 0 Å². The highest BCUT2D eigenvalue weighted by atomic mass is 32.1. The summed E-state index contributed by atoms with van der Waals surface area (Å²) in [5, 5.41) is 3.32. The lowest BCUT2D eigenvalue weighted by molar-refractivity contribution is 0.278. The summed E-state index contributed by atoms with van der Waals surface area (Å²) in [4.78, 5) is 7.27. The molecule has 0 fully saturated rings. The number of hydrogen-bond donors (Lipinski definition) is 1. The van der Waals surface area contributed by atoms with E-state index in [4.69, 9.17) is 10.7 Å². The van der Waals surface area contributed by atoms with E-state index in [0.717, 1.165) is 29.9 Å². The van der Waals surface area contributed by atoms with Gasteiger partial charge < -0.3 is 10.6 Å². The Morgan fingerprint density at radius 3 is 2.48 bits per heavy atom. The van der Waals surface area contributed by atoms with Crippen molar-refractivity contribution in [3.63, 3.8) is 0 Å². The van der Waals surface area contributed by atoms with Crippen LogP contribution in [-0.2, 0) is 6.42 Å². The van der Waals surface area contributed by atoms with Gasteiger partial charge in [-0.25, -0.2) is 4.98 Å². The van der Waals surface area contributed by atoms with Gasteiger partial charge >= 0.3 is 0 Å². The zero-order valence-electron chi connectivity index (χ0n) is 13.0. The number of aromatic nitrogens is 1. The number of rotatable bonds is 8. The fourth-order valence-corrected chi connectivity index (χ4v) is 3.29. The second-order valence-electron chi connectivity index (χ2n) is 5.31. The van der Waals surface area contributed by atoms with E-state index in [-0.39, 0.29) is 0 Å². The Kier molecular flexibility index (Phi) is 6.21. The summed E-state index contributed by atoms with van der Waals surface area (Å²) in [7, 11) is 0. The molecule has 0 saturated heterocycles. The Labute approximate surface area is 131 Å². The highest BCUT2D eigenvalue weighted by Gasteiger charge is 2.09. The number of anilines is 1. The predicted molar refractivity (Wildman–Crippen MR) is 92.7 cm³/mol. The molecule has 2 rings (SSSR count). The van der Waals surface area contributed by atoms with Crippen LogP contribution in [0, 0.1) is 0 Å². The molecular weight excluding hydrogens is 278 g/mol. The number of nitrogens with two attached hydrogens (primary N) is 1. The molecule has 0 radical (unpaired) electrons. The maximum absolute atomic E-state index is 6.02. The molecule has 1 heterocycles. The van der Waals surface area contributed by atoms with E-state index in [9.17, 15) is 0 Å². The molecule has 0 aliphatic carbocycles. The van der Waals surface area contributed by atoms with Crippen molar-refractivity contribution < 1.29 is 0 Å². The Bertz CT molecular complexity index is 544. The van der Waals surface area contributed by atoms with Gasteiger partial charge in [0.1, 0.15) is 0 Å². The van der Waals surface area contributed by atoms with Gasteiger partial charge in [0, 0.05) is 29.6 Å². The smallest absolute Gasteiger partial charge is 0.0945 e. The molecule has 0 saturated carbocycles. The Balaban J connectivity index is 1.98. The number of para-hydroxylation sites is 1. The summed E-state index contributed by atoms with van der Waals surface area (Å²) < 4.78 is 0. The molecule has 0 atom stereocenters. The van der Waals surface area contributed by atoms with Gasteiger partial charge in [0.05, 0.1) is 10.7 Å². The van der Waals surface area contributed by atoms with Crippen LogP contribution < -0.4 is 5.73 Å². The molecule has 4 heteroatoms. The minimum atomic E-state index is 0.799. The first-order valence-electron chi connectivity index (χ1n) is 7.76. The zero-order chi connectivity index (χ0) is 15.1. The number of benzene rings is 1. The maximum Gasteiger partial charge on any atom is 0.0945 e. The van der Waals surface area contributed by atoms with Gasteiger partial charge in [-0.1, -0.05) is 32.0 Å². The molecule has 0 amide bonds. The lowest BCUT2D eigenvalue weighted by Crippen LogP contribution is -2.27. The number of hydrogen-bond acceptors (Lipinski definition) is 4. The van der Waals surface area contributed by atoms with Crippen LogP contribution in [0.25, 0.3) is 11.3 Å². The molecule has 0 spiro atoms. The SMILES string of the molecule is CCCN(CCC)CCc1nc(-c2ccccc2N)cs1. The van der Waals surface area contributed by atoms with E-state index in [2.05, 4.69) is 24.1 Å². The van der Waals surface area contributed by atoms with Crippen LogP contribution in [0.5, 0.6) is 0 Å². The fraction of sp³-hybridized carbons (Fsp3) is 0.471. The van der Waals surface area contributed by atoms with Gasteiger partial charge in [-0.2, -0.15) is 0 Å². The summed E-state index contributed by atoms with van der Waals surface area (Å²) in [6.45, 7) is 7.93. The minimum absolute atomic E-state index is 0.799. The lowest BCUT2D eigenvalue weighted by Gasteiger charge is -2.19. The van der Waals surface area contributed by atoms with Crippen LogP contribution in [0.4, 0.5) is 5.69 Å². The summed E-state index contributed by atoms with van der Waals surface area (Å²) in [6.07, 6.45) is 3.45. The third-order valence-corrected chi connectivity index (χ3v) is 4.42. The summed E-state index contributed by atoms with van der Waals surface area (Å²) in [5.41, 5.74) is 8.86. The molecule has 1 aromatic carbocycles. The Hall–Kier alpha value is -1.39. The van der Waals surface area contributed by atoms with Crippen molar-refractivity contribution in [1.82, 2.24) is 9.88 Å². The highest BCUT2D eigenvalue weighted by molar-refractivity contribution is 7.09. The Morgan fingerprint density at radius 2 is 1.81 bits per heavy atom. The van der Waals surface area contributed by atoms with Gasteiger partial charge in [0.2, 0.25) is 0 Å². The van der Waals surface area contributed by atoms with Crippen molar-refractivity contribution >= 4 is 17.0 Å². The van der Waals surface area contributed by atoms with Crippen molar-refractivity contribution in [1.29, 1.82) is 0 Å². The van der Waals surface area contributed by atoms with Gasteiger partial charge in [-0.15, -0.1) is 11.3 Å².